The monoisotopic (exact) mass is 472 g/mol. The lowest BCUT2D eigenvalue weighted by Gasteiger charge is -2.27. The summed E-state index contributed by atoms with van der Waals surface area (Å²) in [6.07, 6.45) is -1.75. The number of alkyl carbamates (subject to hydrolysis) is 1. The molecule has 2 amide bonds. The van der Waals surface area contributed by atoms with E-state index in [1.165, 1.54) is 45.0 Å². The maximum Gasteiger partial charge on any atom is 0.412 e. The van der Waals surface area contributed by atoms with E-state index in [0.717, 1.165) is 5.32 Å². The fourth-order valence-electron chi connectivity index (χ4n) is 2.14. The van der Waals surface area contributed by atoms with Crippen LogP contribution in [0.5, 0.6) is 0 Å². The average Bonchev–Trinajstić information content (AvgIpc) is 2.66. The molecule has 0 unspecified atom stereocenters. The van der Waals surface area contributed by atoms with Crippen molar-refractivity contribution in [1.29, 1.82) is 0 Å². The molecule has 33 heavy (non-hydrogen) atoms. The van der Waals surface area contributed by atoms with E-state index in [1.54, 1.807) is 20.8 Å². The fraction of sp³-hybridized carbons (Fsp3) is 0.500. The van der Waals surface area contributed by atoms with Crippen molar-refractivity contribution in [3.05, 3.63) is 30.1 Å². The number of rotatable bonds is 5. The Kier molecular flexibility index (Phi) is 6.95. The predicted octanol–water partition coefficient (Wildman–Crippen LogP) is 4.13. The highest BCUT2D eigenvalue weighted by Crippen LogP contribution is 2.39. The van der Waals surface area contributed by atoms with Gasteiger partial charge in [0.25, 0.3) is 5.82 Å². The quantitative estimate of drug-likeness (QED) is 0.496. The minimum Gasteiger partial charge on any atom is -0.444 e. The summed E-state index contributed by atoms with van der Waals surface area (Å²) in [5, 5.41) is 16.5. The Morgan fingerprint density at radius 2 is 1.36 bits per heavy atom. The summed E-state index contributed by atoms with van der Waals surface area (Å²) in [5.41, 5.74) is -1.04. The standard InChI is InChI=1S/C20H24F4N6O3/c1-17(2,3)15(31)25-12-9-7-11(8-10-12)13-27-29-14(30-28-13)19(21,22)20(23,24)26-16(32)33-18(4,5)6/h7-10H,1-6H3,(H,25,31)(H,26,32). The van der Waals surface area contributed by atoms with Gasteiger partial charge in [0.15, 0.2) is 0 Å². The van der Waals surface area contributed by atoms with Crippen LogP contribution in [-0.2, 0) is 15.5 Å². The maximum atomic E-state index is 14.3. The molecule has 0 atom stereocenters. The largest absolute Gasteiger partial charge is 0.444 e. The Hall–Kier alpha value is -3.38. The van der Waals surface area contributed by atoms with Crippen molar-refractivity contribution in [3.63, 3.8) is 0 Å². The van der Waals surface area contributed by atoms with Crippen LogP contribution in [0.2, 0.25) is 0 Å². The molecular formula is C20H24F4N6O3. The van der Waals surface area contributed by atoms with Crippen LogP contribution in [0.3, 0.4) is 0 Å². The number of carbonyl (C=O) groups excluding carboxylic acids is 2. The molecule has 0 aliphatic carbocycles. The Labute approximate surface area is 187 Å². The summed E-state index contributed by atoms with van der Waals surface area (Å²) >= 11 is 0. The average molecular weight is 472 g/mol. The van der Waals surface area contributed by atoms with Crippen molar-refractivity contribution in [2.45, 2.75) is 59.1 Å². The number of nitrogens with one attached hydrogen (secondary N) is 2. The molecule has 0 spiro atoms. The minimum absolute atomic E-state index is 0.216. The van der Waals surface area contributed by atoms with Crippen LogP contribution in [0, 0.1) is 5.41 Å². The molecule has 2 aromatic rings. The zero-order valence-electron chi connectivity index (χ0n) is 18.8. The van der Waals surface area contributed by atoms with Crippen LogP contribution in [0.1, 0.15) is 47.4 Å². The molecule has 1 aromatic heterocycles. The molecule has 0 saturated carbocycles. The first-order valence-electron chi connectivity index (χ1n) is 9.69. The molecule has 0 saturated heterocycles. The molecule has 0 aliphatic rings. The first-order valence-corrected chi connectivity index (χ1v) is 9.69. The number of nitrogens with zero attached hydrogens (tertiary/aromatic N) is 4. The lowest BCUT2D eigenvalue weighted by atomic mass is 9.95. The second kappa shape index (κ2) is 8.87. The number of hydrogen-bond acceptors (Lipinski definition) is 7. The summed E-state index contributed by atoms with van der Waals surface area (Å²) in [6, 6.07) is 0.890. The maximum absolute atomic E-state index is 14.3. The van der Waals surface area contributed by atoms with Gasteiger partial charge < -0.3 is 10.1 Å². The number of hydrogen-bond donors (Lipinski definition) is 2. The number of alkyl halides is 4. The number of carbonyl (C=O) groups is 2. The number of aromatic nitrogens is 4. The van der Waals surface area contributed by atoms with Crippen molar-refractivity contribution >= 4 is 17.7 Å². The predicted molar refractivity (Wildman–Crippen MR) is 109 cm³/mol. The van der Waals surface area contributed by atoms with Crippen molar-refractivity contribution < 1.29 is 31.9 Å². The van der Waals surface area contributed by atoms with Gasteiger partial charge in [0.2, 0.25) is 11.7 Å². The van der Waals surface area contributed by atoms with Gasteiger partial charge >= 0.3 is 18.1 Å². The molecule has 180 valence electrons. The first-order chi connectivity index (χ1) is 14.9. The van der Waals surface area contributed by atoms with E-state index >= 15 is 0 Å². The molecule has 0 fully saturated rings. The van der Waals surface area contributed by atoms with Gasteiger partial charge in [0.05, 0.1) is 0 Å². The number of amides is 2. The van der Waals surface area contributed by atoms with E-state index in [4.69, 9.17) is 0 Å². The van der Waals surface area contributed by atoms with Crippen LogP contribution in [0.4, 0.5) is 28.0 Å². The fourth-order valence-corrected chi connectivity index (χ4v) is 2.14. The lowest BCUT2D eigenvalue weighted by molar-refractivity contribution is -0.234. The van der Waals surface area contributed by atoms with Gasteiger partial charge in [-0.05, 0) is 45.0 Å². The summed E-state index contributed by atoms with van der Waals surface area (Å²) in [7, 11) is 0. The third-order valence-electron chi connectivity index (χ3n) is 3.89. The Bertz CT molecular complexity index is 1000. The van der Waals surface area contributed by atoms with E-state index in [-0.39, 0.29) is 17.3 Å². The van der Waals surface area contributed by atoms with Gasteiger partial charge in [0, 0.05) is 16.7 Å². The number of anilines is 1. The molecule has 1 aromatic carbocycles. The summed E-state index contributed by atoms with van der Waals surface area (Å²) < 4.78 is 61.2. The lowest BCUT2D eigenvalue weighted by Crippen LogP contribution is -2.54. The molecule has 1 heterocycles. The third-order valence-corrected chi connectivity index (χ3v) is 3.89. The van der Waals surface area contributed by atoms with Gasteiger partial charge in [-0.2, -0.15) is 17.6 Å². The topological polar surface area (TPSA) is 119 Å². The Balaban J connectivity index is 2.16. The van der Waals surface area contributed by atoms with E-state index in [0.29, 0.717) is 5.69 Å². The summed E-state index contributed by atoms with van der Waals surface area (Å²) in [4.78, 5) is 23.5. The molecule has 0 radical (unpaired) electrons. The SMILES string of the molecule is CC(C)(C)OC(=O)NC(F)(F)C(F)(F)c1nnc(-c2ccc(NC(=O)C(C)(C)C)cc2)nn1. The van der Waals surface area contributed by atoms with E-state index in [2.05, 4.69) is 30.4 Å². The van der Waals surface area contributed by atoms with Gasteiger partial charge in [-0.15, -0.1) is 20.4 Å². The Morgan fingerprint density at radius 3 is 1.82 bits per heavy atom. The molecule has 2 rings (SSSR count). The third kappa shape index (κ3) is 6.56. The zero-order chi connectivity index (χ0) is 25.2. The van der Waals surface area contributed by atoms with Crippen molar-refractivity contribution in [1.82, 2.24) is 25.7 Å². The van der Waals surface area contributed by atoms with Crippen LogP contribution in [0.15, 0.2) is 24.3 Å². The van der Waals surface area contributed by atoms with Crippen molar-refractivity contribution in [2.24, 2.45) is 5.41 Å². The molecule has 9 nitrogen and oxygen atoms in total. The molecule has 2 N–H and O–H groups in total. The summed E-state index contributed by atoms with van der Waals surface area (Å²) in [6.45, 7) is 9.36. The Morgan fingerprint density at radius 1 is 0.848 bits per heavy atom. The minimum atomic E-state index is -5.08. The molecular weight excluding hydrogens is 448 g/mol. The van der Waals surface area contributed by atoms with E-state index < -0.39 is 34.9 Å². The van der Waals surface area contributed by atoms with E-state index in [1.807, 2.05) is 0 Å². The van der Waals surface area contributed by atoms with Crippen LogP contribution in [0.25, 0.3) is 11.4 Å². The zero-order valence-corrected chi connectivity index (χ0v) is 18.8. The van der Waals surface area contributed by atoms with Crippen LogP contribution < -0.4 is 10.6 Å². The molecule has 13 heteroatoms. The summed E-state index contributed by atoms with van der Waals surface area (Å²) in [5.74, 6) is -7.15. The van der Waals surface area contributed by atoms with Gasteiger partial charge in [0.1, 0.15) is 5.60 Å². The number of ether oxygens (including phenoxy) is 1. The molecule has 0 bridgehead atoms. The van der Waals surface area contributed by atoms with Crippen LogP contribution in [-0.4, -0.2) is 44.0 Å². The van der Waals surface area contributed by atoms with Crippen molar-refractivity contribution in [2.75, 3.05) is 5.32 Å². The van der Waals surface area contributed by atoms with E-state index in [9.17, 15) is 27.2 Å². The first kappa shape index (κ1) is 25.9. The highest BCUT2D eigenvalue weighted by molar-refractivity contribution is 5.94. The second-order valence-corrected chi connectivity index (χ2v) is 9.10. The number of benzene rings is 1. The van der Waals surface area contributed by atoms with Gasteiger partial charge in [-0.1, -0.05) is 20.8 Å². The highest BCUT2D eigenvalue weighted by Gasteiger charge is 2.62. The van der Waals surface area contributed by atoms with Crippen LogP contribution >= 0.6 is 0 Å². The van der Waals surface area contributed by atoms with Gasteiger partial charge in [-0.25, -0.2) is 4.79 Å². The molecule has 0 aliphatic heterocycles. The smallest absolute Gasteiger partial charge is 0.412 e. The second-order valence-electron chi connectivity index (χ2n) is 9.10. The van der Waals surface area contributed by atoms with Gasteiger partial charge in [-0.3, -0.25) is 10.1 Å². The van der Waals surface area contributed by atoms with Crippen molar-refractivity contribution in [3.8, 4) is 11.4 Å². The number of halogens is 4. The normalized spacial score (nSPS) is 12.8. The highest BCUT2D eigenvalue weighted by atomic mass is 19.3.